The van der Waals surface area contributed by atoms with Gasteiger partial charge in [0.1, 0.15) is 0 Å². The van der Waals surface area contributed by atoms with Gasteiger partial charge in [-0.2, -0.15) is 0 Å². The van der Waals surface area contributed by atoms with Gasteiger partial charge in [-0.1, -0.05) is 114 Å². The summed E-state index contributed by atoms with van der Waals surface area (Å²) < 4.78 is 5.45. The molecule has 7 nitrogen and oxygen atoms in total. The van der Waals surface area contributed by atoms with E-state index < -0.39 is 23.7 Å². The highest BCUT2D eigenvalue weighted by molar-refractivity contribution is 6.34. The van der Waals surface area contributed by atoms with Crippen molar-refractivity contribution in [1.82, 2.24) is 0 Å². The van der Waals surface area contributed by atoms with Crippen LogP contribution in [0.3, 0.4) is 0 Å². The number of esters is 1. The van der Waals surface area contributed by atoms with E-state index in [1.165, 1.54) is 89.7 Å². The fourth-order valence-electron chi connectivity index (χ4n) is 4.93. The van der Waals surface area contributed by atoms with E-state index in [2.05, 4.69) is 17.6 Å². The third-order valence-electron chi connectivity index (χ3n) is 7.52. The number of anilines is 2. The zero-order chi connectivity index (χ0) is 31.5. The SMILES string of the molecule is CCCCCCCCCCCCCCCCOC(=O)c1ccc(Cl)c(NC(=O)C(Nc2cc(C)ccc2C=N)C(C)=O)c1. The molecule has 0 aliphatic heterocycles. The third-order valence-corrected chi connectivity index (χ3v) is 7.85. The first-order valence-electron chi connectivity index (χ1n) is 15.9. The van der Waals surface area contributed by atoms with Crippen molar-refractivity contribution < 1.29 is 19.1 Å². The highest BCUT2D eigenvalue weighted by atomic mass is 35.5. The zero-order valence-corrected chi connectivity index (χ0v) is 27.0. The van der Waals surface area contributed by atoms with Crippen molar-refractivity contribution >= 4 is 46.9 Å². The summed E-state index contributed by atoms with van der Waals surface area (Å²) in [5, 5.41) is 13.4. The predicted octanol–water partition coefficient (Wildman–Crippen LogP) is 9.29. The average molecular weight is 612 g/mol. The second-order valence-corrected chi connectivity index (χ2v) is 11.7. The Kier molecular flexibility index (Phi) is 17.3. The number of benzene rings is 2. The maximum absolute atomic E-state index is 13.1. The van der Waals surface area contributed by atoms with Crippen molar-refractivity contribution in [2.75, 3.05) is 17.2 Å². The Morgan fingerprint density at radius 1 is 0.837 bits per heavy atom. The Labute approximate surface area is 263 Å². The first kappa shape index (κ1) is 36.0. The van der Waals surface area contributed by atoms with Crippen LogP contribution in [-0.4, -0.2) is 36.5 Å². The average Bonchev–Trinajstić information content (AvgIpc) is 2.98. The maximum Gasteiger partial charge on any atom is 0.338 e. The molecule has 0 aliphatic carbocycles. The van der Waals surface area contributed by atoms with Gasteiger partial charge in [0.2, 0.25) is 0 Å². The minimum atomic E-state index is -1.22. The largest absolute Gasteiger partial charge is 0.462 e. The molecule has 236 valence electrons. The molecular weight excluding hydrogens is 562 g/mol. The van der Waals surface area contributed by atoms with Gasteiger partial charge in [-0.15, -0.1) is 0 Å². The van der Waals surface area contributed by atoms with E-state index in [1.807, 2.05) is 13.0 Å². The molecule has 1 unspecified atom stereocenters. The number of ether oxygens (including phenoxy) is 1. The monoisotopic (exact) mass is 611 g/mol. The molecule has 0 saturated heterocycles. The van der Waals surface area contributed by atoms with Crippen molar-refractivity contribution in [3.05, 3.63) is 58.1 Å². The van der Waals surface area contributed by atoms with Gasteiger partial charge >= 0.3 is 5.97 Å². The van der Waals surface area contributed by atoms with Crippen LogP contribution in [0.25, 0.3) is 0 Å². The van der Waals surface area contributed by atoms with Crippen LogP contribution in [0.15, 0.2) is 36.4 Å². The van der Waals surface area contributed by atoms with Gasteiger partial charge in [-0.3, -0.25) is 9.59 Å². The van der Waals surface area contributed by atoms with Crippen LogP contribution in [0.2, 0.25) is 5.02 Å². The van der Waals surface area contributed by atoms with Gasteiger partial charge in [-0.25, -0.2) is 4.79 Å². The summed E-state index contributed by atoms with van der Waals surface area (Å²) in [5.74, 6) is -1.52. The molecule has 0 bridgehead atoms. The fourth-order valence-corrected chi connectivity index (χ4v) is 5.09. The van der Waals surface area contributed by atoms with Crippen molar-refractivity contribution in [3.8, 4) is 0 Å². The molecule has 2 rings (SSSR count). The van der Waals surface area contributed by atoms with Gasteiger partial charge in [0.15, 0.2) is 11.8 Å². The standard InChI is InChI=1S/C35H50ClN3O4/c1-4-5-6-7-8-9-10-11-12-13-14-15-16-17-22-43-35(42)28-20-21-30(36)32(24-28)39-34(41)33(27(3)40)38-31-23-26(2)18-19-29(31)25-37/h18-21,23-25,33,37-38H,4-17,22H2,1-3H3,(H,39,41). The van der Waals surface area contributed by atoms with Crippen LogP contribution in [-0.2, 0) is 14.3 Å². The number of carbonyl (C=O) groups is 3. The minimum absolute atomic E-state index is 0.210. The Morgan fingerprint density at radius 2 is 1.42 bits per heavy atom. The summed E-state index contributed by atoms with van der Waals surface area (Å²) in [6.07, 6.45) is 18.8. The van der Waals surface area contributed by atoms with E-state index in [4.69, 9.17) is 21.7 Å². The molecule has 0 radical (unpaired) electrons. The van der Waals surface area contributed by atoms with Gasteiger partial charge in [0, 0.05) is 17.5 Å². The molecular formula is C35H50ClN3O4. The number of nitrogens with one attached hydrogen (secondary N) is 3. The first-order chi connectivity index (χ1) is 20.8. The summed E-state index contributed by atoms with van der Waals surface area (Å²) in [4.78, 5) is 38.1. The van der Waals surface area contributed by atoms with E-state index in [0.717, 1.165) is 31.0 Å². The van der Waals surface area contributed by atoms with Gasteiger partial charge in [-0.05, 0) is 50.1 Å². The molecule has 0 saturated carbocycles. The lowest BCUT2D eigenvalue weighted by atomic mass is 10.0. The second kappa shape index (κ2) is 20.7. The number of amides is 1. The molecule has 43 heavy (non-hydrogen) atoms. The molecule has 2 aromatic rings. The first-order valence-corrected chi connectivity index (χ1v) is 16.3. The minimum Gasteiger partial charge on any atom is -0.462 e. The molecule has 1 atom stereocenters. The number of hydrogen-bond acceptors (Lipinski definition) is 6. The van der Waals surface area contributed by atoms with Crippen molar-refractivity contribution in [3.63, 3.8) is 0 Å². The highest BCUT2D eigenvalue weighted by Crippen LogP contribution is 2.25. The number of unbranched alkanes of at least 4 members (excludes halogenated alkanes) is 13. The predicted molar refractivity (Wildman–Crippen MR) is 178 cm³/mol. The lowest BCUT2D eigenvalue weighted by Gasteiger charge is -2.19. The molecule has 0 aliphatic rings. The number of carbonyl (C=O) groups excluding carboxylic acids is 3. The number of halogens is 1. The molecule has 0 aromatic heterocycles. The van der Waals surface area contributed by atoms with Crippen molar-refractivity contribution in [1.29, 1.82) is 5.41 Å². The topological polar surface area (TPSA) is 108 Å². The molecule has 8 heteroatoms. The molecule has 0 spiro atoms. The quantitative estimate of drug-likeness (QED) is 0.0532. The van der Waals surface area contributed by atoms with Gasteiger partial charge < -0.3 is 20.8 Å². The second-order valence-electron chi connectivity index (χ2n) is 11.3. The number of Topliss-reactive ketones (excluding diaryl/α,β-unsaturated/α-hetero) is 1. The van der Waals surface area contributed by atoms with Crippen molar-refractivity contribution in [2.24, 2.45) is 0 Å². The Balaban J connectivity index is 1.74. The molecule has 3 N–H and O–H groups in total. The summed E-state index contributed by atoms with van der Waals surface area (Å²) >= 11 is 6.30. The van der Waals surface area contributed by atoms with Crippen LogP contribution in [0, 0.1) is 12.3 Å². The van der Waals surface area contributed by atoms with E-state index in [0.29, 0.717) is 17.9 Å². The number of ketones is 1. The molecule has 0 heterocycles. The summed E-state index contributed by atoms with van der Waals surface area (Å²) in [6, 6.07) is 8.67. The van der Waals surface area contributed by atoms with Crippen LogP contribution in [0.5, 0.6) is 0 Å². The maximum atomic E-state index is 13.1. The van der Waals surface area contributed by atoms with Gasteiger partial charge in [0.05, 0.1) is 22.9 Å². The number of rotatable bonds is 22. The molecule has 2 aromatic carbocycles. The highest BCUT2D eigenvalue weighted by Gasteiger charge is 2.25. The van der Waals surface area contributed by atoms with Crippen LogP contribution in [0.1, 0.15) is 125 Å². The number of aryl methyl sites for hydroxylation is 1. The van der Waals surface area contributed by atoms with E-state index in [-0.39, 0.29) is 16.3 Å². The van der Waals surface area contributed by atoms with E-state index in [1.54, 1.807) is 18.2 Å². The third kappa shape index (κ3) is 13.8. The van der Waals surface area contributed by atoms with E-state index in [9.17, 15) is 14.4 Å². The Morgan fingerprint density at radius 3 is 1.98 bits per heavy atom. The van der Waals surface area contributed by atoms with Gasteiger partial charge in [0.25, 0.3) is 5.91 Å². The van der Waals surface area contributed by atoms with E-state index >= 15 is 0 Å². The normalized spacial score (nSPS) is 11.5. The summed E-state index contributed by atoms with van der Waals surface area (Å²) in [5.41, 5.74) is 2.44. The summed E-state index contributed by atoms with van der Waals surface area (Å²) in [6.45, 7) is 5.78. The fraction of sp³-hybridized carbons (Fsp3) is 0.543. The molecule has 0 fully saturated rings. The van der Waals surface area contributed by atoms with Crippen molar-refractivity contribution in [2.45, 2.75) is 117 Å². The summed E-state index contributed by atoms with van der Waals surface area (Å²) in [7, 11) is 0. The zero-order valence-electron chi connectivity index (χ0n) is 26.2. The Hall–Kier alpha value is -3.19. The Bertz CT molecular complexity index is 1180. The number of hydrogen-bond donors (Lipinski definition) is 3. The lowest BCUT2D eigenvalue weighted by molar-refractivity contribution is -0.125. The van der Waals surface area contributed by atoms with Crippen LogP contribution in [0.4, 0.5) is 11.4 Å². The smallest absolute Gasteiger partial charge is 0.338 e. The van der Waals surface area contributed by atoms with Crippen LogP contribution >= 0.6 is 11.6 Å². The molecule has 1 amide bonds. The lowest BCUT2D eigenvalue weighted by Crippen LogP contribution is -2.40. The van der Waals surface area contributed by atoms with Crippen LogP contribution < -0.4 is 10.6 Å².